The molecule has 1 aromatic carbocycles. The Labute approximate surface area is 114 Å². The maximum atomic E-state index is 12.5. The van der Waals surface area contributed by atoms with E-state index in [-0.39, 0.29) is 11.4 Å². The van der Waals surface area contributed by atoms with Gasteiger partial charge in [0, 0.05) is 10.9 Å². The van der Waals surface area contributed by atoms with Gasteiger partial charge in [-0.25, -0.2) is 4.79 Å². The van der Waals surface area contributed by atoms with Gasteiger partial charge in [-0.1, -0.05) is 36.4 Å². The number of aliphatic carboxylic acids is 1. The van der Waals surface area contributed by atoms with Crippen molar-refractivity contribution in [3.63, 3.8) is 0 Å². The van der Waals surface area contributed by atoms with Crippen molar-refractivity contribution < 1.29 is 14.5 Å². The second kappa shape index (κ2) is 7.27. The average molecular weight is 281 g/mol. The quantitative estimate of drug-likeness (QED) is 0.641. The fourth-order valence-corrected chi connectivity index (χ4v) is 3.43. The molecule has 0 amide bonds. The number of carboxylic acids is 1. The summed E-state index contributed by atoms with van der Waals surface area (Å²) in [5, 5.41) is 9.66. The third-order valence-corrected chi connectivity index (χ3v) is 5.23. The van der Waals surface area contributed by atoms with Crippen LogP contribution in [0.3, 0.4) is 0 Å². The van der Waals surface area contributed by atoms with Crippen LogP contribution in [0.5, 0.6) is 0 Å². The number of carbonyl (C=O) groups is 1. The molecule has 0 heterocycles. The fraction of sp³-hybridized carbons (Fsp3) is 0.357. The minimum Gasteiger partial charge on any atom is -0.478 e. The highest BCUT2D eigenvalue weighted by atomic mass is 31.1. The van der Waals surface area contributed by atoms with E-state index in [1.54, 1.807) is 13.0 Å². The van der Waals surface area contributed by atoms with Crippen LogP contribution in [0.1, 0.15) is 13.3 Å². The summed E-state index contributed by atoms with van der Waals surface area (Å²) in [4.78, 5) is 12.7. The second-order valence-electron chi connectivity index (χ2n) is 4.64. The van der Waals surface area contributed by atoms with E-state index in [1.807, 2.05) is 49.3 Å². The van der Waals surface area contributed by atoms with Crippen LogP contribution in [-0.4, -0.2) is 35.9 Å². The molecule has 4 nitrogen and oxygen atoms in total. The van der Waals surface area contributed by atoms with E-state index in [0.29, 0.717) is 6.42 Å². The summed E-state index contributed by atoms with van der Waals surface area (Å²) in [6.07, 6.45) is 2.11. The largest absolute Gasteiger partial charge is 0.478 e. The molecule has 0 saturated carbocycles. The molecule has 0 aliphatic carbocycles. The molecule has 0 radical (unpaired) electrons. The first-order chi connectivity index (χ1) is 8.93. The van der Waals surface area contributed by atoms with Gasteiger partial charge in [-0.2, -0.15) is 0 Å². The van der Waals surface area contributed by atoms with E-state index in [4.69, 9.17) is 5.11 Å². The molecule has 0 fully saturated rings. The molecule has 104 valence electrons. The van der Waals surface area contributed by atoms with Crippen molar-refractivity contribution in [2.45, 2.75) is 19.1 Å². The normalized spacial score (nSPS) is 15.3. The van der Waals surface area contributed by atoms with Gasteiger partial charge in [-0.3, -0.25) is 4.90 Å². The Morgan fingerprint density at radius 1 is 1.37 bits per heavy atom. The van der Waals surface area contributed by atoms with Crippen molar-refractivity contribution in [3.05, 3.63) is 42.0 Å². The summed E-state index contributed by atoms with van der Waals surface area (Å²) in [7, 11) is 1.73. The minimum absolute atomic E-state index is 0.165. The van der Waals surface area contributed by atoms with Gasteiger partial charge in [0.2, 0.25) is 0 Å². The van der Waals surface area contributed by atoms with Crippen LogP contribution in [0.4, 0.5) is 0 Å². The molecule has 5 heteroatoms. The van der Waals surface area contributed by atoms with Crippen molar-refractivity contribution in [1.82, 2.24) is 4.90 Å². The highest BCUT2D eigenvalue weighted by Crippen LogP contribution is 2.31. The molecule has 0 aromatic heterocycles. The standard InChI is InChI=1S/C14H20NO3P/c1-11(14(16)17)9-10-13(15(2)3)19(18)12-7-5-4-6-8-12/h4-9,13,19H,10H2,1-3H3,(H,16,17). The molecular weight excluding hydrogens is 261 g/mol. The van der Waals surface area contributed by atoms with Gasteiger partial charge in [-0.15, -0.1) is 0 Å². The zero-order valence-corrected chi connectivity index (χ0v) is 12.5. The fourth-order valence-electron chi connectivity index (χ4n) is 1.72. The summed E-state index contributed by atoms with van der Waals surface area (Å²) in [5.41, 5.74) is 0.287. The number of rotatable bonds is 6. The van der Waals surface area contributed by atoms with Gasteiger partial charge < -0.3 is 9.67 Å². The topological polar surface area (TPSA) is 57.6 Å². The zero-order chi connectivity index (χ0) is 14.4. The molecule has 0 saturated heterocycles. The Balaban J connectivity index is 2.87. The molecule has 0 aliphatic heterocycles. The van der Waals surface area contributed by atoms with Crippen molar-refractivity contribution in [3.8, 4) is 0 Å². The average Bonchev–Trinajstić information content (AvgIpc) is 2.38. The van der Waals surface area contributed by atoms with Crippen molar-refractivity contribution >= 4 is 19.1 Å². The van der Waals surface area contributed by atoms with E-state index < -0.39 is 13.8 Å². The van der Waals surface area contributed by atoms with Crippen LogP contribution >= 0.6 is 7.80 Å². The molecule has 2 atom stereocenters. The molecule has 1 N–H and O–H groups in total. The summed E-state index contributed by atoms with van der Waals surface area (Å²) in [5.74, 6) is -1.10. The summed E-state index contributed by atoms with van der Waals surface area (Å²) >= 11 is 0. The zero-order valence-electron chi connectivity index (χ0n) is 11.5. The molecule has 0 spiro atoms. The number of benzene rings is 1. The Bertz CT molecular complexity index is 483. The molecule has 0 aliphatic rings. The molecule has 0 bridgehead atoms. The number of nitrogens with zero attached hydrogens (tertiary/aromatic N) is 1. The smallest absolute Gasteiger partial charge is 0.330 e. The van der Waals surface area contributed by atoms with Crippen molar-refractivity contribution in [2.75, 3.05) is 14.1 Å². The SMILES string of the molecule is CC(=CCC(N(C)C)[PH](=O)c1ccccc1)C(=O)O. The van der Waals surface area contributed by atoms with Crippen LogP contribution in [0, 0.1) is 0 Å². The van der Waals surface area contributed by atoms with Gasteiger partial charge >= 0.3 is 5.97 Å². The molecule has 1 rings (SSSR count). The van der Waals surface area contributed by atoms with Crippen LogP contribution in [0.2, 0.25) is 0 Å². The lowest BCUT2D eigenvalue weighted by Gasteiger charge is -2.23. The van der Waals surface area contributed by atoms with E-state index in [0.717, 1.165) is 5.30 Å². The Hall–Kier alpha value is -1.38. The van der Waals surface area contributed by atoms with Crippen LogP contribution in [0.15, 0.2) is 42.0 Å². The Kier molecular flexibility index (Phi) is 6.00. The first-order valence-electron chi connectivity index (χ1n) is 6.09. The van der Waals surface area contributed by atoms with Crippen LogP contribution in [-0.2, 0) is 9.36 Å². The lowest BCUT2D eigenvalue weighted by atomic mass is 10.2. The molecule has 2 unspecified atom stereocenters. The van der Waals surface area contributed by atoms with Crippen molar-refractivity contribution in [1.29, 1.82) is 0 Å². The van der Waals surface area contributed by atoms with E-state index in [1.165, 1.54) is 0 Å². The van der Waals surface area contributed by atoms with Gasteiger partial charge in [-0.05, 0) is 27.4 Å². The first-order valence-corrected chi connectivity index (χ1v) is 7.57. The van der Waals surface area contributed by atoms with Gasteiger partial charge in [0.05, 0.1) is 5.78 Å². The monoisotopic (exact) mass is 281 g/mol. The highest BCUT2D eigenvalue weighted by molar-refractivity contribution is 7.54. The van der Waals surface area contributed by atoms with E-state index in [2.05, 4.69) is 0 Å². The second-order valence-corrected chi connectivity index (χ2v) is 6.61. The third-order valence-electron chi connectivity index (χ3n) is 2.97. The number of hydrogen-bond donors (Lipinski definition) is 1. The third kappa shape index (κ3) is 4.66. The summed E-state index contributed by atoms with van der Waals surface area (Å²) in [6.45, 7) is 1.55. The van der Waals surface area contributed by atoms with Gasteiger partial charge in [0.1, 0.15) is 7.80 Å². The lowest BCUT2D eigenvalue weighted by molar-refractivity contribution is -0.132. The summed E-state index contributed by atoms with van der Waals surface area (Å²) < 4.78 is 12.5. The lowest BCUT2D eigenvalue weighted by Crippen LogP contribution is -2.26. The Morgan fingerprint density at radius 3 is 2.42 bits per heavy atom. The maximum Gasteiger partial charge on any atom is 0.330 e. The van der Waals surface area contributed by atoms with Crippen LogP contribution < -0.4 is 5.30 Å². The minimum atomic E-state index is -1.99. The molecule has 19 heavy (non-hydrogen) atoms. The summed E-state index contributed by atoms with van der Waals surface area (Å²) in [6, 6.07) is 9.32. The van der Waals surface area contributed by atoms with Crippen LogP contribution in [0.25, 0.3) is 0 Å². The first kappa shape index (κ1) is 15.7. The molecular formula is C14H20NO3P. The maximum absolute atomic E-state index is 12.5. The Morgan fingerprint density at radius 2 is 1.95 bits per heavy atom. The number of hydrogen-bond acceptors (Lipinski definition) is 3. The van der Waals surface area contributed by atoms with Gasteiger partial charge in [0.25, 0.3) is 0 Å². The predicted octanol–water partition coefficient (Wildman–Crippen LogP) is 2.18. The van der Waals surface area contributed by atoms with Gasteiger partial charge in [0.15, 0.2) is 0 Å². The molecule has 1 aromatic rings. The number of carboxylic acid groups (broad SMARTS) is 1. The van der Waals surface area contributed by atoms with E-state index in [9.17, 15) is 9.36 Å². The highest BCUT2D eigenvalue weighted by Gasteiger charge is 2.19. The predicted molar refractivity (Wildman–Crippen MR) is 78.6 cm³/mol. The van der Waals surface area contributed by atoms with E-state index >= 15 is 0 Å². The van der Waals surface area contributed by atoms with Crippen molar-refractivity contribution in [2.24, 2.45) is 0 Å².